The molecule has 2 N–H and O–H groups in total. The Kier molecular flexibility index (Phi) is 4.20. The highest BCUT2D eigenvalue weighted by atomic mass is 16.2. The van der Waals surface area contributed by atoms with E-state index in [-0.39, 0.29) is 17.7 Å². The highest BCUT2D eigenvalue weighted by Gasteiger charge is 2.24. The number of amides is 2. The van der Waals surface area contributed by atoms with E-state index in [4.69, 9.17) is 0 Å². The van der Waals surface area contributed by atoms with Crippen LogP contribution in [-0.4, -0.2) is 31.4 Å². The Hall–Kier alpha value is -1.88. The van der Waals surface area contributed by atoms with E-state index in [1.165, 1.54) is 0 Å². The van der Waals surface area contributed by atoms with E-state index < -0.39 is 0 Å². The summed E-state index contributed by atoms with van der Waals surface area (Å²) in [5.41, 5.74) is 2.02. The van der Waals surface area contributed by atoms with Crippen LogP contribution in [-0.2, 0) is 16.1 Å². The Balaban J connectivity index is 1.56. The predicted molar refractivity (Wildman–Crippen MR) is 80.9 cm³/mol. The van der Waals surface area contributed by atoms with Crippen molar-refractivity contribution in [3.8, 4) is 0 Å². The summed E-state index contributed by atoms with van der Waals surface area (Å²) < 4.78 is 0. The van der Waals surface area contributed by atoms with Gasteiger partial charge in [-0.05, 0) is 30.5 Å². The maximum absolute atomic E-state index is 11.9. The number of rotatable bonds is 4. The molecule has 3 rings (SSSR count). The number of anilines is 1. The van der Waals surface area contributed by atoms with Crippen LogP contribution in [0.25, 0.3) is 0 Å². The topological polar surface area (TPSA) is 61.4 Å². The van der Waals surface area contributed by atoms with Crippen molar-refractivity contribution in [2.24, 2.45) is 5.92 Å². The Morgan fingerprint density at radius 1 is 1.24 bits per heavy atom. The highest BCUT2D eigenvalue weighted by Crippen LogP contribution is 2.21. The van der Waals surface area contributed by atoms with Crippen LogP contribution in [0.1, 0.15) is 24.8 Å². The molecule has 0 radical (unpaired) electrons. The van der Waals surface area contributed by atoms with Crippen molar-refractivity contribution in [2.45, 2.75) is 25.8 Å². The van der Waals surface area contributed by atoms with E-state index in [2.05, 4.69) is 10.6 Å². The van der Waals surface area contributed by atoms with Crippen LogP contribution >= 0.6 is 0 Å². The van der Waals surface area contributed by atoms with Gasteiger partial charge in [0.05, 0.1) is 5.92 Å². The quantitative estimate of drug-likeness (QED) is 0.870. The smallest absolute Gasteiger partial charge is 0.226 e. The van der Waals surface area contributed by atoms with E-state index in [9.17, 15) is 9.59 Å². The zero-order chi connectivity index (χ0) is 14.7. The highest BCUT2D eigenvalue weighted by molar-refractivity contribution is 5.93. The molecule has 112 valence electrons. The molecule has 2 heterocycles. The first-order chi connectivity index (χ1) is 10.2. The zero-order valence-corrected chi connectivity index (χ0v) is 12.1. The summed E-state index contributed by atoms with van der Waals surface area (Å²) in [4.78, 5) is 25.5. The second-order valence-electron chi connectivity index (χ2n) is 5.74. The molecule has 0 aromatic heterocycles. The first-order valence-electron chi connectivity index (χ1n) is 7.62. The third-order valence-electron chi connectivity index (χ3n) is 4.19. The van der Waals surface area contributed by atoms with Gasteiger partial charge in [0.25, 0.3) is 0 Å². The first kappa shape index (κ1) is 14.1. The third-order valence-corrected chi connectivity index (χ3v) is 4.19. The molecule has 2 fully saturated rings. The minimum Gasteiger partial charge on any atom is -0.352 e. The second-order valence-corrected chi connectivity index (χ2v) is 5.74. The van der Waals surface area contributed by atoms with Gasteiger partial charge in [-0.1, -0.05) is 12.1 Å². The van der Waals surface area contributed by atoms with E-state index in [1.807, 2.05) is 29.2 Å². The number of hydrogen-bond donors (Lipinski definition) is 2. The Morgan fingerprint density at radius 2 is 2.00 bits per heavy atom. The average Bonchev–Trinajstić information content (AvgIpc) is 2.44. The molecule has 5 heteroatoms. The normalized spacial score (nSPS) is 19.2. The monoisotopic (exact) mass is 287 g/mol. The van der Waals surface area contributed by atoms with E-state index in [0.717, 1.165) is 43.7 Å². The molecule has 0 saturated carbocycles. The second kappa shape index (κ2) is 6.26. The fourth-order valence-electron chi connectivity index (χ4n) is 2.68. The van der Waals surface area contributed by atoms with Crippen LogP contribution in [0.5, 0.6) is 0 Å². The van der Waals surface area contributed by atoms with Crippen molar-refractivity contribution in [3.63, 3.8) is 0 Å². The number of piperidine rings is 1. The first-order valence-corrected chi connectivity index (χ1v) is 7.62. The predicted octanol–water partition coefficient (Wildman–Crippen LogP) is 1.04. The number of carbonyl (C=O) groups is 2. The number of nitrogens with zero attached hydrogens (tertiary/aromatic N) is 1. The molecule has 0 aliphatic carbocycles. The lowest BCUT2D eigenvalue weighted by atomic mass is 10.0. The molecule has 1 aromatic carbocycles. The summed E-state index contributed by atoms with van der Waals surface area (Å²) in [7, 11) is 0. The van der Waals surface area contributed by atoms with Gasteiger partial charge in [0.15, 0.2) is 0 Å². The molecule has 5 nitrogen and oxygen atoms in total. The van der Waals surface area contributed by atoms with Gasteiger partial charge in [0, 0.05) is 38.3 Å². The maximum atomic E-state index is 11.9. The van der Waals surface area contributed by atoms with Gasteiger partial charge >= 0.3 is 0 Å². The summed E-state index contributed by atoms with van der Waals surface area (Å²) in [5, 5.41) is 6.04. The molecule has 0 unspecified atom stereocenters. The Labute approximate surface area is 124 Å². The Bertz CT molecular complexity index is 523. The Morgan fingerprint density at radius 3 is 2.62 bits per heavy atom. The number of carbonyl (C=O) groups excluding carboxylic acids is 2. The molecule has 2 aliphatic rings. The van der Waals surface area contributed by atoms with Crippen molar-refractivity contribution in [3.05, 3.63) is 29.8 Å². The fourth-order valence-corrected chi connectivity index (χ4v) is 2.68. The van der Waals surface area contributed by atoms with Gasteiger partial charge in [-0.2, -0.15) is 0 Å². The lowest BCUT2D eigenvalue weighted by molar-refractivity contribution is -0.126. The van der Waals surface area contributed by atoms with Gasteiger partial charge in [0.1, 0.15) is 0 Å². The molecule has 0 spiro atoms. The molecule has 0 bridgehead atoms. The van der Waals surface area contributed by atoms with Gasteiger partial charge in [-0.15, -0.1) is 0 Å². The van der Waals surface area contributed by atoms with Crippen LogP contribution in [0.3, 0.4) is 0 Å². The average molecular weight is 287 g/mol. The lowest BCUT2D eigenvalue weighted by Crippen LogP contribution is -2.50. The molecule has 2 amide bonds. The molecule has 0 atom stereocenters. The molecule has 21 heavy (non-hydrogen) atoms. The summed E-state index contributed by atoms with van der Waals surface area (Å²) in [5.74, 6) is 0.444. The van der Waals surface area contributed by atoms with Crippen LogP contribution in [0.15, 0.2) is 24.3 Å². The van der Waals surface area contributed by atoms with Gasteiger partial charge in [-0.3, -0.25) is 9.59 Å². The van der Waals surface area contributed by atoms with Crippen molar-refractivity contribution in [1.29, 1.82) is 0 Å². The molecular weight excluding hydrogens is 266 g/mol. The van der Waals surface area contributed by atoms with Crippen molar-refractivity contribution < 1.29 is 9.59 Å². The molecule has 1 aromatic rings. The van der Waals surface area contributed by atoms with Gasteiger partial charge < -0.3 is 15.5 Å². The minimum absolute atomic E-state index is 0.115. The summed E-state index contributed by atoms with van der Waals surface area (Å²) in [6.07, 6.45) is 2.71. The van der Waals surface area contributed by atoms with E-state index in [1.54, 1.807) is 0 Å². The summed E-state index contributed by atoms with van der Waals surface area (Å²) >= 11 is 0. The van der Waals surface area contributed by atoms with Crippen LogP contribution < -0.4 is 15.5 Å². The van der Waals surface area contributed by atoms with Crippen LogP contribution in [0.2, 0.25) is 0 Å². The third kappa shape index (κ3) is 3.24. The van der Waals surface area contributed by atoms with Crippen molar-refractivity contribution in [1.82, 2.24) is 10.6 Å². The maximum Gasteiger partial charge on any atom is 0.226 e. The largest absolute Gasteiger partial charge is 0.352 e. The lowest BCUT2D eigenvalue weighted by Gasteiger charge is -2.27. The minimum atomic E-state index is 0.115. The molecule has 2 saturated heterocycles. The van der Waals surface area contributed by atoms with E-state index >= 15 is 0 Å². The summed E-state index contributed by atoms with van der Waals surface area (Å²) in [6, 6.07) is 7.90. The number of nitrogens with one attached hydrogen (secondary N) is 2. The molecular formula is C16H21N3O2. The van der Waals surface area contributed by atoms with Crippen LogP contribution in [0, 0.1) is 5.92 Å². The van der Waals surface area contributed by atoms with Crippen molar-refractivity contribution in [2.75, 3.05) is 24.5 Å². The standard InChI is InChI=1S/C16H21N3O2/c20-15-3-1-2-8-19(15)14-6-4-12(5-7-14)9-18-16(21)13-10-17-11-13/h4-7,13,17H,1-3,8-11H2,(H,18,21). The SMILES string of the molecule is O=C(NCc1ccc(N2CCCCC2=O)cc1)C1CNC1. The number of hydrogen-bond acceptors (Lipinski definition) is 3. The molecule has 2 aliphatic heterocycles. The van der Waals surface area contributed by atoms with E-state index in [0.29, 0.717) is 13.0 Å². The zero-order valence-electron chi connectivity index (χ0n) is 12.1. The van der Waals surface area contributed by atoms with Crippen molar-refractivity contribution >= 4 is 17.5 Å². The van der Waals surface area contributed by atoms with Gasteiger partial charge in [0.2, 0.25) is 11.8 Å². The van der Waals surface area contributed by atoms with Gasteiger partial charge in [-0.25, -0.2) is 0 Å². The summed E-state index contributed by atoms with van der Waals surface area (Å²) in [6.45, 7) is 2.91. The fraction of sp³-hybridized carbons (Fsp3) is 0.500. The number of benzene rings is 1. The van der Waals surface area contributed by atoms with Crippen LogP contribution in [0.4, 0.5) is 5.69 Å².